The van der Waals surface area contributed by atoms with Crippen LogP contribution in [0.25, 0.3) is 0 Å². The lowest BCUT2D eigenvalue weighted by atomic mass is 10.1. The Labute approximate surface area is 77.4 Å². The Morgan fingerprint density at radius 2 is 2.15 bits per heavy atom. The van der Waals surface area contributed by atoms with Crippen molar-refractivity contribution < 1.29 is 9.90 Å². The molecule has 0 saturated carbocycles. The first-order valence-electron chi connectivity index (χ1n) is 3.37. The zero-order valence-corrected chi connectivity index (χ0v) is 6.99. The fourth-order valence-corrected chi connectivity index (χ4v) is 1.14. The van der Waals surface area contributed by atoms with Gasteiger partial charge in [0.05, 0.1) is 5.71 Å². The minimum Gasteiger partial charge on any atom is -0.477 e. The van der Waals surface area contributed by atoms with Gasteiger partial charge in [0.1, 0.15) is 0 Å². The van der Waals surface area contributed by atoms with Crippen LogP contribution in [0.4, 0.5) is 0 Å². The Morgan fingerprint density at radius 3 is 2.85 bits per heavy atom. The first kappa shape index (κ1) is 8.06. The lowest BCUT2D eigenvalue weighted by Gasteiger charge is -2.03. The quantitative estimate of drug-likeness (QED) is 0.614. The number of hydrogen-bond acceptors (Lipinski definition) is 5. The summed E-state index contributed by atoms with van der Waals surface area (Å²) in [5.41, 5.74) is 0.404. The molecule has 0 aromatic heterocycles. The highest BCUT2D eigenvalue weighted by molar-refractivity contribution is 6.71. The molecule has 2 rings (SSSR count). The number of carboxylic acids is 1. The highest BCUT2D eigenvalue weighted by Crippen LogP contribution is 2.11. The van der Waals surface area contributed by atoms with Crippen LogP contribution in [0.1, 0.15) is 6.42 Å². The number of fused-ring (bicyclic) bond motifs is 1. The summed E-state index contributed by atoms with van der Waals surface area (Å²) in [6, 6.07) is 0. The third-order valence-corrected chi connectivity index (χ3v) is 1.70. The molecule has 0 saturated heterocycles. The van der Waals surface area contributed by atoms with Gasteiger partial charge in [-0.15, -0.1) is 10.2 Å². The Bertz CT molecular complexity index is 407. The van der Waals surface area contributed by atoms with Gasteiger partial charge in [-0.05, 0) is 11.6 Å². The molecule has 0 amide bonds. The van der Waals surface area contributed by atoms with E-state index in [1.807, 2.05) is 0 Å². The zero-order valence-electron chi connectivity index (χ0n) is 6.23. The molecule has 0 aromatic rings. The largest absolute Gasteiger partial charge is 0.477 e. The molecule has 0 atom stereocenters. The second kappa shape index (κ2) is 2.74. The van der Waals surface area contributed by atoms with Gasteiger partial charge >= 0.3 is 5.97 Å². The summed E-state index contributed by atoms with van der Waals surface area (Å²) >= 11 is 5.50. The maximum absolute atomic E-state index is 10.5. The van der Waals surface area contributed by atoms with Gasteiger partial charge in [-0.1, -0.05) is 0 Å². The molecule has 66 valence electrons. The summed E-state index contributed by atoms with van der Waals surface area (Å²) in [5, 5.41) is 15.7. The van der Waals surface area contributed by atoms with Crippen molar-refractivity contribution >= 4 is 40.1 Å². The molecular weight excluding hydrogens is 196 g/mol. The minimum atomic E-state index is -1.10. The number of nitrogens with zero attached hydrogens (tertiary/aromatic N) is 4. The van der Waals surface area contributed by atoms with E-state index in [1.165, 1.54) is 0 Å². The van der Waals surface area contributed by atoms with Crippen LogP contribution in [-0.2, 0) is 4.79 Å². The van der Waals surface area contributed by atoms with Crippen LogP contribution in [0.15, 0.2) is 20.2 Å². The van der Waals surface area contributed by atoms with Crippen LogP contribution in [-0.4, -0.2) is 33.6 Å². The van der Waals surface area contributed by atoms with Crippen molar-refractivity contribution in [2.75, 3.05) is 0 Å². The van der Waals surface area contributed by atoms with Crippen molar-refractivity contribution in [1.29, 1.82) is 0 Å². The van der Waals surface area contributed by atoms with Gasteiger partial charge in [-0.25, -0.2) is 9.79 Å². The van der Waals surface area contributed by atoms with Crippen molar-refractivity contribution in [3.8, 4) is 0 Å². The molecular formula is C6H3ClN4O2. The first-order valence-corrected chi connectivity index (χ1v) is 3.74. The normalized spacial score (nSPS) is 19.8. The number of amidine groups is 2. The van der Waals surface area contributed by atoms with Crippen LogP contribution in [0.3, 0.4) is 0 Å². The molecule has 6 nitrogen and oxygen atoms in total. The zero-order chi connectivity index (χ0) is 9.42. The molecule has 2 aliphatic rings. The summed E-state index contributed by atoms with van der Waals surface area (Å²) in [5.74, 6) is -0.802. The molecule has 0 aromatic carbocycles. The molecule has 2 heterocycles. The molecule has 0 spiro atoms. The standard InChI is InChI=1S/C6H3ClN4O2/c7-6-8-2-1-3(5(12)13)10-11-4(2)9-6/h1H2,(H,12,13). The third-order valence-electron chi connectivity index (χ3n) is 1.53. The third kappa shape index (κ3) is 1.35. The van der Waals surface area contributed by atoms with Gasteiger partial charge in [0.2, 0.25) is 5.29 Å². The number of hydrogen-bond donors (Lipinski definition) is 1. The second-order valence-corrected chi connectivity index (χ2v) is 2.73. The number of rotatable bonds is 1. The predicted molar refractivity (Wildman–Crippen MR) is 47.8 cm³/mol. The van der Waals surface area contributed by atoms with E-state index in [-0.39, 0.29) is 17.4 Å². The average molecular weight is 199 g/mol. The number of carbonyl (C=O) groups is 1. The number of carboxylic acid groups (broad SMARTS) is 1. The maximum Gasteiger partial charge on any atom is 0.352 e. The van der Waals surface area contributed by atoms with Crippen LogP contribution in [0.2, 0.25) is 0 Å². The monoisotopic (exact) mass is 198 g/mol. The Kier molecular flexibility index (Phi) is 1.70. The Balaban J connectivity index is 2.34. The molecule has 0 radical (unpaired) electrons. The smallest absolute Gasteiger partial charge is 0.352 e. The predicted octanol–water partition coefficient (Wildman–Crippen LogP) is 0.279. The van der Waals surface area contributed by atoms with E-state index in [0.717, 1.165) is 0 Å². The van der Waals surface area contributed by atoms with Crippen molar-refractivity contribution in [2.45, 2.75) is 6.42 Å². The maximum atomic E-state index is 10.5. The second-order valence-electron chi connectivity index (χ2n) is 2.39. The first-order chi connectivity index (χ1) is 6.16. The highest BCUT2D eigenvalue weighted by atomic mass is 35.5. The Morgan fingerprint density at radius 1 is 1.38 bits per heavy atom. The summed E-state index contributed by atoms with van der Waals surface area (Å²) in [6.07, 6.45) is 0.119. The lowest BCUT2D eigenvalue weighted by Crippen LogP contribution is -2.23. The SMILES string of the molecule is O=C(O)C1=NN=C2N=C(Cl)N=C2C1. The van der Waals surface area contributed by atoms with Gasteiger partial charge in [0.15, 0.2) is 11.5 Å². The van der Waals surface area contributed by atoms with Crippen LogP contribution < -0.4 is 0 Å². The number of halogens is 1. The van der Waals surface area contributed by atoms with Crippen LogP contribution >= 0.6 is 11.6 Å². The van der Waals surface area contributed by atoms with Crippen molar-refractivity contribution in [3.05, 3.63) is 0 Å². The molecule has 1 N–H and O–H groups in total. The van der Waals surface area contributed by atoms with E-state index in [1.54, 1.807) is 0 Å². The van der Waals surface area contributed by atoms with Crippen LogP contribution in [0, 0.1) is 0 Å². The van der Waals surface area contributed by atoms with E-state index < -0.39 is 5.97 Å². The minimum absolute atomic E-state index is 0.0518. The molecule has 0 fully saturated rings. The van der Waals surface area contributed by atoms with Crippen molar-refractivity contribution in [2.24, 2.45) is 20.2 Å². The number of aliphatic imine (C=N–C) groups is 2. The van der Waals surface area contributed by atoms with Gasteiger partial charge in [-0.3, -0.25) is 0 Å². The van der Waals surface area contributed by atoms with Gasteiger partial charge < -0.3 is 5.11 Å². The Hall–Kier alpha value is -1.56. The van der Waals surface area contributed by atoms with Gasteiger partial charge in [0.25, 0.3) is 0 Å². The summed E-state index contributed by atoms with van der Waals surface area (Å²) in [7, 11) is 0. The van der Waals surface area contributed by atoms with E-state index >= 15 is 0 Å². The fraction of sp³-hybridized carbons (Fsp3) is 0.167. The van der Waals surface area contributed by atoms with Crippen molar-refractivity contribution in [1.82, 2.24) is 0 Å². The lowest BCUT2D eigenvalue weighted by molar-refractivity contribution is -0.129. The van der Waals surface area contributed by atoms with Gasteiger partial charge in [0, 0.05) is 6.42 Å². The average Bonchev–Trinajstić information content (AvgIpc) is 2.42. The highest BCUT2D eigenvalue weighted by Gasteiger charge is 2.25. The summed E-state index contributed by atoms with van der Waals surface area (Å²) in [6.45, 7) is 0. The summed E-state index contributed by atoms with van der Waals surface area (Å²) < 4.78 is 0. The van der Waals surface area contributed by atoms with E-state index in [0.29, 0.717) is 11.5 Å². The molecule has 0 unspecified atom stereocenters. The molecule has 0 bridgehead atoms. The van der Waals surface area contributed by atoms with Crippen molar-refractivity contribution in [3.63, 3.8) is 0 Å². The molecule has 13 heavy (non-hydrogen) atoms. The molecule has 7 heteroatoms. The molecule has 0 aliphatic carbocycles. The topological polar surface area (TPSA) is 86.7 Å². The van der Waals surface area contributed by atoms with Gasteiger partial charge in [-0.2, -0.15) is 4.99 Å². The summed E-state index contributed by atoms with van der Waals surface area (Å²) in [4.78, 5) is 18.0. The van der Waals surface area contributed by atoms with E-state index in [2.05, 4.69) is 20.2 Å². The molecule has 2 aliphatic heterocycles. The van der Waals surface area contributed by atoms with E-state index in [4.69, 9.17) is 16.7 Å². The van der Waals surface area contributed by atoms with E-state index in [9.17, 15) is 4.79 Å². The van der Waals surface area contributed by atoms with Crippen LogP contribution in [0.5, 0.6) is 0 Å². The number of aliphatic carboxylic acids is 1. The fourth-order valence-electron chi connectivity index (χ4n) is 0.957.